The molecular formula is C16H15FN2O2. The SMILES string of the molecule is Cc1ccc(Oc2ccnc(NC(=O)C3CC3)c2)cc1F. The van der Waals surface area contributed by atoms with Crippen LogP contribution in [0.5, 0.6) is 11.5 Å². The number of anilines is 1. The van der Waals surface area contributed by atoms with Gasteiger partial charge in [-0.05, 0) is 37.5 Å². The smallest absolute Gasteiger partial charge is 0.228 e. The van der Waals surface area contributed by atoms with Gasteiger partial charge in [0.2, 0.25) is 5.91 Å². The number of pyridine rings is 1. The van der Waals surface area contributed by atoms with E-state index in [4.69, 9.17) is 4.74 Å². The van der Waals surface area contributed by atoms with Crippen molar-refractivity contribution in [3.05, 3.63) is 47.9 Å². The summed E-state index contributed by atoms with van der Waals surface area (Å²) in [6, 6.07) is 7.96. The molecule has 0 spiro atoms. The second kappa shape index (κ2) is 5.52. The van der Waals surface area contributed by atoms with Gasteiger partial charge < -0.3 is 10.1 Å². The Morgan fingerprint density at radius 3 is 2.76 bits per heavy atom. The summed E-state index contributed by atoms with van der Waals surface area (Å²) in [6.45, 7) is 1.69. The first kappa shape index (κ1) is 13.5. The summed E-state index contributed by atoms with van der Waals surface area (Å²) in [5.74, 6) is 1.13. The van der Waals surface area contributed by atoms with E-state index in [1.165, 1.54) is 6.07 Å². The summed E-state index contributed by atoms with van der Waals surface area (Å²) in [4.78, 5) is 15.8. The highest BCUT2D eigenvalue weighted by Crippen LogP contribution is 2.30. The molecule has 1 fully saturated rings. The minimum absolute atomic E-state index is 0.0129. The van der Waals surface area contributed by atoms with E-state index in [-0.39, 0.29) is 17.6 Å². The first-order chi connectivity index (χ1) is 10.1. The quantitative estimate of drug-likeness (QED) is 0.933. The Morgan fingerprint density at radius 2 is 2.05 bits per heavy atom. The lowest BCUT2D eigenvalue weighted by atomic mass is 10.2. The van der Waals surface area contributed by atoms with Crippen LogP contribution in [0.4, 0.5) is 10.2 Å². The molecule has 1 aromatic heterocycles. The number of rotatable bonds is 4. The lowest BCUT2D eigenvalue weighted by molar-refractivity contribution is -0.117. The Labute approximate surface area is 122 Å². The van der Waals surface area contributed by atoms with Gasteiger partial charge in [0.1, 0.15) is 23.1 Å². The van der Waals surface area contributed by atoms with Gasteiger partial charge in [0.05, 0.1) is 0 Å². The van der Waals surface area contributed by atoms with Crippen LogP contribution in [0.3, 0.4) is 0 Å². The van der Waals surface area contributed by atoms with E-state index >= 15 is 0 Å². The van der Waals surface area contributed by atoms with Gasteiger partial charge in [-0.3, -0.25) is 4.79 Å². The van der Waals surface area contributed by atoms with Crippen molar-refractivity contribution >= 4 is 11.7 Å². The lowest BCUT2D eigenvalue weighted by Crippen LogP contribution is -2.14. The predicted octanol–water partition coefficient (Wildman–Crippen LogP) is 3.67. The molecule has 0 bridgehead atoms. The van der Waals surface area contributed by atoms with Crippen molar-refractivity contribution in [2.24, 2.45) is 5.92 Å². The van der Waals surface area contributed by atoms with E-state index in [0.29, 0.717) is 22.9 Å². The number of aromatic nitrogens is 1. The average molecular weight is 286 g/mol. The van der Waals surface area contributed by atoms with Gasteiger partial charge in [-0.15, -0.1) is 0 Å². The van der Waals surface area contributed by atoms with Crippen molar-refractivity contribution in [2.75, 3.05) is 5.32 Å². The molecule has 5 heteroatoms. The van der Waals surface area contributed by atoms with Crippen LogP contribution in [0.15, 0.2) is 36.5 Å². The minimum Gasteiger partial charge on any atom is -0.457 e. The summed E-state index contributed by atoms with van der Waals surface area (Å²) in [5, 5.41) is 2.75. The molecule has 2 aromatic rings. The zero-order valence-electron chi connectivity index (χ0n) is 11.6. The number of carbonyl (C=O) groups excluding carboxylic acids is 1. The van der Waals surface area contributed by atoms with E-state index in [2.05, 4.69) is 10.3 Å². The number of nitrogens with one attached hydrogen (secondary N) is 1. The highest BCUT2D eigenvalue weighted by atomic mass is 19.1. The van der Waals surface area contributed by atoms with Gasteiger partial charge in [-0.25, -0.2) is 9.37 Å². The van der Waals surface area contributed by atoms with Gasteiger partial charge in [0.15, 0.2) is 0 Å². The van der Waals surface area contributed by atoms with Gasteiger partial charge >= 0.3 is 0 Å². The van der Waals surface area contributed by atoms with E-state index in [0.717, 1.165) is 12.8 Å². The Kier molecular flexibility index (Phi) is 3.56. The second-order valence-electron chi connectivity index (χ2n) is 5.15. The molecule has 0 saturated heterocycles. The maximum absolute atomic E-state index is 13.5. The monoisotopic (exact) mass is 286 g/mol. The molecule has 0 atom stereocenters. The molecule has 0 aliphatic heterocycles. The molecule has 1 heterocycles. The Morgan fingerprint density at radius 1 is 1.29 bits per heavy atom. The molecule has 1 saturated carbocycles. The van der Waals surface area contributed by atoms with Gasteiger partial charge in [0.25, 0.3) is 0 Å². The molecule has 3 rings (SSSR count). The minimum atomic E-state index is -0.316. The van der Waals surface area contributed by atoms with Crippen molar-refractivity contribution in [1.82, 2.24) is 4.98 Å². The number of hydrogen-bond acceptors (Lipinski definition) is 3. The maximum atomic E-state index is 13.5. The summed E-state index contributed by atoms with van der Waals surface area (Å²) >= 11 is 0. The lowest BCUT2D eigenvalue weighted by Gasteiger charge is -2.08. The van der Waals surface area contributed by atoms with E-state index < -0.39 is 0 Å². The first-order valence-electron chi connectivity index (χ1n) is 6.83. The fraction of sp³-hybridized carbons (Fsp3) is 0.250. The summed E-state index contributed by atoms with van der Waals surface area (Å²) in [5.41, 5.74) is 0.564. The zero-order valence-corrected chi connectivity index (χ0v) is 11.6. The highest BCUT2D eigenvalue weighted by Gasteiger charge is 2.29. The number of halogens is 1. The van der Waals surface area contributed by atoms with Crippen LogP contribution in [0.1, 0.15) is 18.4 Å². The van der Waals surface area contributed by atoms with Crippen LogP contribution in [0.2, 0.25) is 0 Å². The molecule has 1 aliphatic carbocycles. The van der Waals surface area contributed by atoms with E-state index in [1.807, 2.05) is 0 Å². The van der Waals surface area contributed by atoms with Crippen molar-refractivity contribution in [3.8, 4) is 11.5 Å². The molecular weight excluding hydrogens is 271 g/mol. The molecule has 1 aliphatic rings. The van der Waals surface area contributed by atoms with Crippen molar-refractivity contribution in [2.45, 2.75) is 19.8 Å². The van der Waals surface area contributed by atoms with Crippen molar-refractivity contribution in [3.63, 3.8) is 0 Å². The van der Waals surface area contributed by atoms with Crippen molar-refractivity contribution in [1.29, 1.82) is 0 Å². The molecule has 1 aromatic carbocycles. The summed E-state index contributed by atoms with van der Waals surface area (Å²) < 4.78 is 19.1. The Bertz CT molecular complexity index is 684. The number of benzene rings is 1. The fourth-order valence-corrected chi connectivity index (χ4v) is 1.89. The molecule has 21 heavy (non-hydrogen) atoms. The Balaban J connectivity index is 1.72. The fourth-order valence-electron chi connectivity index (χ4n) is 1.89. The van der Waals surface area contributed by atoms with E-state index in [9.17, 15) is 9.18 Å². The number of ether oxygens (including phenoxy) is 1. The number of hydrogen-bond donors (Lipinski definition) is 1. The molecule has 0 unspecified atom stereocenters. The van der Waals surface area contributed by atoms with Crippen LogP contribution < -0.4 is 10.1 Å². The number of amides is 1. The van der Waals surface area contributed by atoms with Crippen LogP contribution >= 0.6 is 0 Å². The topological polar surface area (TPSA) is 51.2 Å². The summed E-state index contributed by atoms with van der Waals surface area (Å²) in [7, 11) is 0. The van der Waals surface area contributed by atoms with Crippen LogP contribution in [0.25, 0.3) is 0 Å². The third-order valence-corrected chi connectivity index (χ3v) is 3.31. The predicted molar refractivity (Wildman–Crippen MR) is 76.8 cm³/mol. The largest absolute Gasteiger partial charge is 0.457 e. The standard InChI is InChI=1S/C16H15FN2O2/c1-10-2-5-12(8-14(10)17)21-13-6-7-18-15(9-13)19-16(20)11-3-4-11/h2,5-9,11H,3-4H2,1H3,(H,18,19,20). The number of carbonyl (C=O) groups is 1. The van der Waals surface area contributed by atoms with Crippen LogP contribution in [0, 0.1) is 18.7 Å². The van der Waals surface area contributed by atoms with Gasteiger partial charge in [-0.2, -0.15) is 0 Å². The molecule has 108 valence electrons. The third kappa shape index (κ3) is 3.37. The Hall–Kier alpha value is -2.43. The molecule has 4 nitrogen and oxygen atoms in total. The van der Waals surface area contributed by atoms with Gasteiger partial charge in [-0.1, -0.05) is 6.07 Å². The zero-order chi connectivity index (χ0) is 14.8. The van der Waals surface area contributed by atoms with Crippen LogP contribution in [-0.2, 0) is 4.79 Å². The van der Waals surface area contributed by atoms with E-state index in [1.54, 1.807) is 37.4 Å². The maximum Gasteiger partial charge on any atom is 0.228 e. The highest BCUT2D eigenvalue weighted by molar-refractivity contribution is 5.93. The average Bonchev–Trinajstić information content (AvgIpc) is 3.28. The second-order valence-corrected chi connectivity index (χ2v) is 5.15. The molecule has 0 radical (unpaired) electrons. The first-order valence-corrected chi connectivity index (χ1v) is 6.83. The number of aryl methyl sites for hydroxylation is 1. The van der Waals surface area contributed by atoms with Crippen molar-refractivity contribution < 1.29 is 13.9 Å². The van der Waals surface area contributed by atoms with Gasteiger partial charge in [0, 0.05) is 24.2 Å². The molecule has 1 N–H and O–H groups in total. The molecule has 1 amide bonds. The van der Waals surface area contributed by atoms with Crippen LogP contribution in [-0.4, -0.2) is 10.9 Å². The summed E-state index contributed by atoms with van der Waals surface area (Å²) in [6.07, 6.45) is 3.41. The third-order valence-electron chi connectivity index (χ3n) is 3.31. The number of nitrogens with zero attached hydrogens (tertiary/aromatic N) is 1. The normalized spacial score (nSPS) is 13.8.